The molecule has 0 atom stereocenters. The highest BCUT2D eigenvalue weighted by Gasteiger charge is 2.36. The van der Waals surface area contributed by atoms with Crippen molar-refractivity contribution in [3.05, 3.63) is 92.9 Å². The van der Waals surface area contributed by atoms with E-state index in [0.717, 1.165) is 14.9 Å². The molecule has 0 spiro atoms. The summed E-state index contributed by atoms with van der Waals surface area (Å²) in [6.45, 7) is 2.43. The van der Waals surface area contributed by atoms with Crippen LogP contribution in [-0.4, -0.2) is 24.5 Å². The molecule has 1 N–H and O–H groups in total. The normalized spacial score (nSPS) is 14.8. The number of hydrogen-bond donors (Lipinski definition) is 1. The summed E-state index contributed by atoms with van der Waals surface area (Å²) in [6.07, 6.45) is 1.37. The zero-order valence-electron chi connectivity index (χ0n) is 18.6. The predicted octanol–water partition coefficient (Wildman–Crippen LogP) is 5.75. The van der Waals surface area contributed by atoms with Gasteiger partial charge in [0.2, 0.25) is 0 Å². The van der Waals surface area contributed by atoms with Crippen LogP contribution in [0, 0.1) is 0 Å². The third-order valence-corrected chi connectivity index (χ3v) is 5.86. The van der Waals surface area contributed by atoms with Gasteiger partial charge in [0, 0.05) is 4.47 Å². The van der Waals surface area contributed by atoms with Crippen molar-refractivity contribution < 1.29 is 23.9 Å². The van der Waals surface area contributed by atoms with Gasteiger partial charge in [-0.1, -0.05) is 57.9 Å². The van der Waals surface area contributed by atoms with Crippen LogP contribution in [0.25, 0.3) is 6.08 Å². The Kier molecular flexibility index (Phi) is 7.53. The van der Waals surface area contributed by atoms with Crippen molar-refractivity contribution >= 4 is 57.1 Å². The topological polar surface area (TPSA) is 84.9 Å². The molecule has 1 heterocycles. The van der Waals surface area contributed by atoms with Crippen LogP contribution in [0.2, 0.25) is 5.02 Å². The molecule has 0 bridgehead atoms. The Morgan fingerprint density at radius 3 is 2.40 bits per heavy atom. The van der Waals surface area contributed by atoms with Crippen molar-refractivity contribution in [3.8, 4) is 11.5 Å². The number of carbonyl (C=O) groups is 3. The van der Waals surface area contributed by atoms with Crippen molar-refractivity contribution in [1.82, 2.24) is 5.32 Å². The zero-order chi connectivity index (χ0) is 24.9. The van der Waals surface area contributed by atoms with Crippen LogP contribution in [0.15, 0.2) is 76.8 Å². The fourth-order valence-corrected chi connectivity index (χ4v) is 3.98. The number of para-hydroxylation sites is 1. The summed E-state index contributed by atoms with van der Waals surface area (Å²) in [5.41, 5.74) is 1.51. The van der Waals surface area contributed by atoms with Crippen LogP contribution in [-0.2, 0) is 16.2 Å². The molecular formula is C26H20BrClN2O5. The van der Waals surface area contributed by atoms with Crippen molar-refractivity contribution in [3.63, 3.8) is 0 Å². The first kappa shape index (κ1) is 24.5. The Balaban J connectivity index is 1.65. The van der Waals surface area contributed by atoms with Gasteiger partial charge in [-0.15, -0.1) is 0 Å². The maximum Gasteiger partial charge on any atom is 0.335 e. The molecule has 0 unspecified atom stereocenters. The molecule has 4 rings (SSSR count). The molecule has 0 radical (unpaired) electrons. The van der Waals surface area contributed by atoms with E-state index in [1.807, 2.05) is 31.2 Å². The number of benzene rings is 3. The molecule has 1 fully saturated rings. The molecule has 178 valence electrons. The first-order chi connectivity index (χ1) is 16.9. The van der Waals surface area contributed by atoms with E-state index in [-0.39, 0.29) is 17.2 Å². The van der Waals surface area contributed by atoms with Gasteiger partial charge in [0.15, 0.2) is 11.5 Å². The number of imide groups is 2. The Hall–Kier alpha value is -3.62. The lowest BCUT2D eigenvalue weighted by Gasteiger charge is -2.26. The highest BCUT2D eigenvalue weighted by atomic mass is 79.9. The Morgan fingerprint density at radius 2 is 1.71 bits per heavy atom. The molecule has 0 aliphatic carbocycles. The zero-order valence-corrected chi connectivity index (χ0v) is 20.9. The van der Waals surface area contributed by atoms with Gasteiger partial charge in [-0.05, 0) is 60.5 Å². The summed E-state index contributed by atoms with van der Waals surface area (Å²) in [5, 5.41) is 2.45. The number of nitrogens with one attached hydrogen (secondary N) is 1. The first-order valence-electron chi connectivity index (χ1n) is 10.7. The van der Waals surface area contributed by atoms with E-state index in [1.54, 1.807) is 42.5 Å². The molecule has 1 aliphatic rings. The number of urea groups is 1. The van der Waals surface area contributed by atoms with Gasteiger partial charge >= 0.3 is 6.03 Å². The number of barbiturate groups is 1. The molecule has 3 aromatic carbocycles. The number of rotatable bonds is 7. The van der Waals surface area contributed by atoms with Gasteiger partial charge in [-0.25, -0.2) is 9.69 Å². The molecule has 4 amide bonds. The average Bonchev–Trinajstić information content (AvgIpc) is 2.83. The largest absolute Gasteiger partial charge is 0.490 e. The van der Waals surface area contributed by atoms with Gasteiger partial charge in [0.25, 0.3) is 11.8 Å². The monoisotopic (exact) mass is 554 g/mol. The second-order valence-electron chi connectivity index (χ2n) is 7.47. The lowest BCUT2D eigenvalue weighted by Crippen LogP contribution is -2.54. The lowest BCUT2D eigenvalue weighted by molar-refractivity contribution is -0.122. The summed E-state index contributed by atoms with van der Waals surface area (Å²) < 4.78 is 12.6. The van der Waals surface area contributed by atoms with Crippen LogP contribution in [0.4, 0.5) is 10.5 Å². The summed E-state index contributed by atoms with van der Waals surface area (Å²) in [6, 6.07) is 18.4. The summed E-state index contributed by atoms with van der Waals surface area (Å²) in [4.78, 5) is 38.8. The minimum atomic E-state index is -0.812. The van der Waals surface area contributed by atoms with Gasteiger partial charge < -0.3 is 9.47 Å². The van der Waals surface area contributed by atoms with E-state index in [1.165, 1.54) is 6.08 Å². The molecule has 9 heteroatoms. The summed E-state index contributed by atoms with van der Waals surface area (Å²) in [5.74, 6) is -0.825. The summed E-state index contributed by atoms with van der Waals surface area (Å²) >= 11 is 9.91. The van der Waals surface area contributed by atoms with Crippen LogP contribution in [0.1, 0.15) is 18.1 Å². The number of ether oxygens (including phenoxy) is 2. The molecule has 1 saturated heterocycles. The van der Waals surface area contributed by atoms with Crippen LogP contribution in [0.3, 0.4) is 0 Å². The number of amides is 4. The number of hydrogen-bond acceptors (Lipinski definition) is 5. The fraction of sp³-hybridized carbons (Fsp3) is 0.115. The average molecular weight is 556 g/mol. The number of anilines is 1. The number of carbonyl (C=O) groups excluding carboxylic acids is 3. The molecule has 0 saturated carbocycles. The maximum atomic E-state index is 13.1. The van der Waals surface area contributed by atoms with Crippen molar-refractivity contribution in [2.24, 2.45) is 0 Å². The molecule has 35 heavy (non-hydrogen) atoms. The van der Waals surface area contributed by atoms with E-state index in [2.05, 4.69) is 21.2 Å². The molecule has 0 aromatic heterocycles. The Labute approximate surface area is 215 Å². The molecule has 1 aliphatic heterocycles. The smallest absolute Gasteiger partial charge is 0.335 e. The second kappa shape index (κ2) is 10.8. The van der Waals surface area contributed by atoms with Gasteiger partial charge in [0.05, 0.1) is 17.3 Å². The van der Waals surface area contributed by atoms with E-state index in [0.29, 0.717) is 29.4 Å². The van der Waals surface area contributed by atoms with Crippen LogP contribution >= 0.6 is 27.5 Å². The van der Waals surface area contributed by atoms with E-state index in [9.17, 15) is 14.4 Å². The first-order valence-corrected chi connectivity index (χ1v) is 11.8. The highest BCUT2D eigenvalue weighted by Crippen LogP contribution is 2.38. The molecule has 7 nitrogen and oxygen atoms in total. The van der Waals surface area contributed by atoms with Gasteiger partial charge in [-0.3, -0.25) is 14.9 Å². The van der Waals surface area contributed by atoms with Gasteiger partial charge in [-0.2, -0.15) is 0 Å². The fourth-order valence-electron chi connectivity index (χ4n) is 3.45. The quantitative estimate of drug-likeness (QED) is 0.297. The van der Waals surface area contributed by atoms with Crippen LogP contribution < -0.4 is 19.7 Å². The van der Waals surface area contributed by atoms with Crippen LogP contribution in [0.5, 0.6) is 11.5 Å². The van der Waals surface area contributed by atoms with Crippen molar-refractivity contribution in [2.45, 2.75) is 13.5 Å². The Bertz CT molecular complexity index is 1310. The van der Waals surface area contributed by atoms with Gasteiger partial charge in [0.1, 0.15) is 12.2 Å². The highest BCUT2D eigenvalue weighted by molar-refractivity contribution is 9.10. The summed E-state index contributed by atoms with van der Waals surface area (Å²) in [7, 11) is 0. The predicted molar refractivity (Wildman–Crippen MR) is 137 cm³/mol. The third-order valence-electron chi connectivity index (χ3n) is 5.06. The third kappa shape index (κ3) is 5.55. The number of nitrogens with zero attached hydrogens (tertiary/aromatic N) is 1. The standard InChI is InChI=1S/C26H20BrClN2O5/c1-2-34-22-14-17(13-21(28)23(22)35-15-16-8-10-18(27)11-9-16)12-20-24(31)29-26(33)30(25(20)32)19-6-4-3-5-7-19/h3-14H,2,15H2,1H3,(H,29,31,33)/b20-12+. The minimum Gasteiger partial charge on any atom is -0.490 e. The van der Waals surface area contributed by atoms with Crippen molar-refractivity contribution in [1.29, 1.82) is 0 Å². The maximum absolute atomic E-state index is 13.1. The molecular weight excluding hydrogens is 536 g/mol. The van der Waals surface area contributed by atoms with Crippen molar-refractivity contribution in [2.75, 3.05) is 11.5 Å². The molecule has 3 aromatic rings. The van der Waals surface area contributed by atoms with E-state index >= 15 is 0 Å². The number of halogens is 2. The lowest BCUT2D eigenvalue weighted by atomic mass is 10.1. The van der Waals surface area contributed by atoms with E-state index < -0.39 is 17.8 Å². The Morgan fingerprint density at radius 1 is 1.00 bits per heavy atom. The van der Waals surface area contributed by atoms with E-state index in [4.69, 9.17) is 21.1 Å². The minimum absolute atomic E-state index is 0.213. The second-order valence-corrected chi connectivity index (χ2v) is 8.79. The SMILES string of the molecule is CCOc1cc(/C=C2\C(=O)NC(=O)N(c3ccccc3)C2=O)cc(Cl)c1OCc1ccc(Br)cc1.